The molecule has 0 atom stereocenters. The molecule has 90 valence electrons. The molecule has 0 aliphatic heterocycles. The molecule has 0 aromatic carbocycles. The van der Waals surface area contributed by atoms with E-state index in [0.29, 0.717) is 22.8 Å². The normalized spacial score (nSPS) is 10.3. The number of anilines is 2. The standard InChI is InChI=1S/C9H17N5OS/c1-13(2)7-10-8(14(3)4)12-9(11-7)16-6-5-15/h15H,5-6H2,1-4H3. The van der Waals surface area contributed by atoms with Gasteiger partial charge in [-0.05, 0) is 0 Å². The monoisotopic (exact) mass is 243 g/mol. The van der Waals surface area contributed by atoms with Crippen LogP contribution in [0.3, 0.4) is 0 Å². The highest BCUT2D eigenvalue weighted by molar-refractivity contribution is 7.99. The van der Waals surface area contributed by atoms with Gasteiger partial charge in [0.2, 0.25) is 11.9 Å². The molecule has 0 saturated carbocycles. The van der Waals surface area contributed by atoms with Gasteiger partial charge in [0.05, 0.1) is 6.61 Å². The third-order valence-corrected chi connectivity index (χ3v) is 2.54. The van der Waals surface area contributed by atoms with Crippen LogP contribution in [0.2, 0.25) is 0 Å². The lowest BCUT2D eigenvalue weighted by Crippen LogP contribution is -2.19. The molecule has 7 heteroatoms. The number of hydrogen-bond acceptors (Lipinski definition) is 7. The van der Waals surface area contributed by atoms with E-state index in [-0.39, 0.29) is 6.61 Å². The Morgan fingerprint density at radius 1 is 1.00 bits per heavy atom. The summed E-state index contributed by atoms with van der Waals surface area (Å²) >= 11 is 1.42. The molecule has 0 radical (unpaired) electrons. The molecule has 0 amide bonds. The van der Waals surface area contributed by atoms with Gasteiger partial charge in [0.25, 0.3) is 0 Å². The molecule has 0 saturated heterocycles. The second-order valence-electron chi connectivity index (χ2n) is 3.58. The van der Waals surface area contributed by atoms with Crippen LogP contribution in [0.25, 0.3) is 0 Å². The van der Waals surface area contributed by atoms with Crippen molar-refractivity contribution in [1.29, 1.82) is 0 Å². The van der Waals surface area contributed by atoms with Crippen LogP contribution in [-0.2, 0) is 0 Å². The van der Waals surface area contributed by atoms with Crippen molar-refractivity contribution in [2.75, 3.05) is 50.4 Å². The molecule has 0 unspecified atom stereocenters. The minimum Gasteiger partial charge on any atom is -0.396 e. The van der Waals surface area contributed by atoms with Crippen LogP contribution in [0.5, 0.6) is 0 Å². The molecule has 0 fully saturated rings. The van der Waals surface area contributed by atoms with Crippen LogP contribution < -0.4 is 9.80 Å². The van der Waals surface area contributed by atoms with E-state index in [1.165, 1.54) is 11.8 Å². The van der Waals surface area contributed by atoms with Crippen LogP contribution >= 0.6 is 11.8 Å². The highest BCUT2D eigenvalue weighted by atomic mass is 32.2. The van der Waals surface area contributed by atoms with Crippen molar-refractivity contribution in [1.82, 2.24) is 15.0 Å². The highest BCUT2D eigenvalue weighted by Gasteiger charge is 2.09. The fourth-order valence-electron chi connectivity index (χ4n) is 0.937. The average molecular weight is 243 g/mol. The van der Waals surface area contributed by atoms with Gasteiger partial charge < -0.3 is 14.9 Å². The Kier molecular flexibility index (Phi) is 4.75. The minimum atomic E-state index is 0.116. The Hall–Kier alpha value is -1.08. The third kappa shape index (κ3) is 3.49. The third-order valence-electron chi connectivity index (χ3n) is 1.71. The number of rotatable bonds is 5. The number of aliphatic hydroxyl groups is 1. The Labute approximate surface area is 99.7 Å². The summed E-state index contributed by atoms with van der Waals surface area (Å²) in [7, 11) is 7.54. The van der Waals surface area contributed by atoms with Gasteiger partial charge in [-0.2, -0.15) is 15.0 Å². The second-order valence-corrected chi connectivity index (χ2v) is 4.64. The Morgan fingerprint density at radius 3 is 1.88 bits per heavy atom. The van der Waals surface area contributed by atoms with E-state index in [1.807, 2.05) is 38.0 Å². The van der Waals surface area contributed by atoms with Crippen molar-refractivity contribution >= 4 is 23.7 Å². The zero-order chi connectivity index (χ0) is 12.1. The van der Waals surface area contributed by atoms with E-state index in [1.54, 1.807) is 0 Å². The molecular weight excluding hydrogens is 226 g/mol. The predicted molar refractivity (Wildman–Crippen MR) is 66.3 cm³/mol. The van der Waals surface area contributed by atoms with Crippen LogP contribution in [0.1, 0.15) is 0 Å². The van der Waals surface area contributed by atoms with Gasteiger partial charge in [-0.25, -0.2) is 0 Å². The van der Waals surface area contributed by atoms with Gasteiger partial charge in [-0.3, -0.25) is 0 Å². The molecular formula is C9H17N5OS. The second kappa shape index (κ2) is 5.86. The molecule has 0 aliphatic carbocycles. The molecule has 1 aromatic heterocycles. The van der Waals surface area contributed by atoms with E-state index in [4.69, 9.17) is 5.11 Å². The first kappa shape index (κ1) is 13.0. The number of thioether (sulfide) groups is 1. The molecule has 6 nitrogen and oxygen atoms in total. The Bertz CT molecular complexity index is 318. The van der Waals surface area contributed by atoms with E-state index in [2.05, 4.69) is 15.0 Å². The van der Waals surface area contributed by atoms with Gasteiger partial charge in [-0.15, -0.1) is 0 Å². The van der Waals surface area contributed by atoms with E-state index >= 15 is 0 Å². The topological polar surface area (TPSA) is 65.4 Å². The molecule has 1 aromatic rings. The average Bonchev–Trinajstić information content (AvgIpc) is 2.25. The lowest BCUT2D eigenvalue weighted by atomic mass is 10.7. The van der Waals surface area contributed by atoms with Crippen molar-refractivity contribution in [2.45, 2.75) is 5.16 Å². The summed E-state index contributed by atoms with van der Waals surface area (Å²) < 4.78 is 0. The van der Waals surface area contributed by atoms with Gasteiger partial charge in [0.15, 0.2) is 5.16 Å². The SMILES string of the molecule is CN(C)c1nc(SCCO)nc(N(C)C)n1. The van der Waals surface area contributed by atoms with Crippen LogP contribution in [0.4, 0.5) is 11.9 Å². The minimum absolute atomic E-state index is 0.116. The van der Waals surface area contributed by atoms with Gasteiger partial charge in [0, 0.05) is 33.9 Å². The highest BCUT2D eigenvalue weighted by Crippen LogP contribution is 2.18. The summed E-state index contributed by atoms with van der Waals surface area (Å²) in [5, 5.41) is 9.41. The first-order valence-electron chi connectivity index (χ1n) is 4.89. The summed E-state index contributed by atoms with van der Waals surface area (Å²) in [5.74, 6) is 1.84. The number of aliphatic hydroxyl groups excluding tert-OH is 1. The van der Waals surface area contributed by atoms with Gasteiger partial charge in [0.1, 0.15) is 0 Å². The molecule has 1 N–H and O–H groups in total. The first-order chi connectivity index (χ1) is 7.54. The summed E-state index contributed by atoms with van der Waals surface area (Å²) in [4.78, 5) is 16.5. The fraction of sp³-hybridized carbons (Fsp3) is 0.667. The molecule has 1 rings (SSSR count). The smallest absolute Gasteiger partial charge is 0.230 e. The van der Waals surface area contributed by atoms with Crippen LogP contribution in [0, 0.1) is 0 Å². The maximum atomic E-state index is 8.77. The zero-order valence-electron chi connectivity index (χ0n) is 10.0. The van der Waals surface area contributed by atoms with E-state index in [9.17, 15) is 0 Å². The summed E-state index contributed by atoms with van der Waals surface area (Å²) in [6, 6.07) is 0. The molecule has 0 bridgehead atoms. The van der Waals surface area contributed by atoms with Crippen molar-refractivity contribution in [2.24, 2.45) is 0 Å². The first-order valence-corrected chi connectivity index (χ1v) is 5.87. The number of nitrogens with zero attached hydrogens (tertiary/aromatic N) is 5. The predicted octanol–water partition coefficient (Wildman–Crippen LogP) is 0.0880. The number of hydrogen-bond donors (Lipinski definition) is 1. The van der Waals surface area contributed by atoms with Gasteiger partial charge >= 0.3 is 0 Å². The van der Waals surface area contributed by atoms with Crippen LogP contribution in [-0.4, -0.2) is 60.6 Å². The number of aromatic nitrogens is 3. The fourth-order valence-corrected chi connectivity index (χ4v) is 1.50. The van der Waals surface area contributed by atoms with E-state index in [0.717, 1.165) is 0 Å². The van der Waals surface area contributed by atoms with Crippen LogP contribution in [0.15, 0.2) is 5.16 Å². The quantitative estimate of drug-likeness (QED) is 0.735. The maximum absolute atomic E-state index is 8.77. The summed E-state index contributed by atoms with van der Waals surface area (Å²) in [6.45, 7) is 0.116. The molecule has 16 heavy (non-hydrogen) atoms. The molecule has 0 aliphatic rings. The summed E-state index contributed by atoms with van der Waals surface area (Å²) in [5.41, 5.74) is 0. The zero-order valence-corrected chi connectivity index (χ0v) is 10.8. The molecule has 0 spiro atoms. The summed E-state index contributed by atoms with van der Waals surface area (Å²) in [6.07, 6.45) is 0. The lowest BCUT2D eigenvalue weighted by Gasteiger charge is -2.15. The van der Waals surface area contributed by atoms with Crippen molar-refractivity contribution in [3.8, 4) is 0 Å². The Morgan fingerprint density at radius 2 is 1.50 bits per heavy atom. The van der Waals surface area contributed by atoms with Crippen molar-refractivity contribution in [3.05, 3.63) is 0 Å². The molecule has 1 heterocycles. The van der Waals surface area contributed by atoms with Crippen molar-refractivity contribution < 1.29 is 5.11 Å². The lowest BCUT2D eigenvalue weighted by molar-refractivity contribution is 0.322. The van der Waals surface area contributed by atoms with Crippen molar-refractivity contribution in [3.63, 3.8) is 0 Å². The van der Waals surface area contributed by atoms with Gasteiger partial charge in [-0.1, -0.05) is 11.8 Å². The van der Waals surface area contributed by atoms with E-state index < -0.39 is 0 Å². The maximum Gasteiger partial charge on any atom is 0.230 e. The largest absolute Gasteiger partial charge is 0.396 e. The Balaban J connectivity index is 2.99.